The average Bonchev–Trinajstić information content (AvgIpc) is 3.38. The first-order chi connectivity index (χ1) is 16.6. The van der Waals surface area contributed by atoms with Crippen LogP contribution in [0.5, 0.6) is 11.6 Å². The van der Waals surface area contributed by atoms with Gasteiger partial charge in [0.1, 0.15) is 11.6 Å². The first-order valence-corrected chi connectivity index (χ1v) is 11.5. The highest BCUT2D eigenvalue weighted by Crippen LogP contribution is 2.35. The van der Waals surface area contributed by atoms with Gasteiger partial charge in [-0.2, -0.15) is 5.10 Å². The van der Waals surface area contributed by atoms with E-state index >= 15 is 0 Å². The molecule has 6 nitrogen and oxygen atoms in total. The Hall–Kier alpha value is -3.87. The van der Waals surface area contributed by atoms with Crippen LogP contribution in [0.15, 0.2) is 77.4 Å². The summed E-state index contributed by atoms with van der Waals surface area (Å²) in [5, 5.41) is 4.80. The van der Waals surface area contributed by atoms with Crippen LogP contribution in [0.3, 0.4) is 0 Å². The van der Waals surface area contributed by atoms with Gasteiger partial charge in [-0.05, 0) is 73.7 Å². The van der Waals surface area contributed by atoms with E-state index in [1.807, 2.05) is 42.2 Å². The lowest BCUT2D eigenvalue weighted by Gasteiger charge is -2.22. The molecule has 2 aromatic carbocycles. The second kappa shape index (κ2) is 9.55. The molecule has 0 atom stereocenters. The van der Waals surface area contributed by atoms with Gasteiger partial charge in [-0.25, -0.2) is 9.07 Å². The molecule has 174 valence electrons. The lowest BCUT2D eigenvalue weighted by Crippen LogP contribution is -2.32. The molecule has 1 saturated carbocycles. The number of aryl methyl sites for hydroxylation is 1. The zero-order valence-corrected chi connectivity index (χ0v) is 19.0. The summed E-state index contributed by atoms with van der Waals surface area (Å²) in [7, 11) is 0. The molecule has 1 aliphatic rings. The topological polar surface area (TPSA) is 60.5 Å². The third-order valence-corrected chi connectivity index (χ3v) is 5.93. The van der Waals surface area contributed by atoms with Crippen LogP contribution in [0, 0.1) is 11.7 Å². The summed E-state index contributed by atoms with van der Waals surface area (Å²) >= 11 is 0. The van der Waals surface area contributed by atoms with Gasteiger partial charge in [0.05, 0.1) is 29.8 Å². The Morgan fingerprint density at radius 1 is 1.12 bits per heavy atom. The zero-order valence-electron chi connectivity index (χ0n) is 19.0. The lowest BCUT2D eigenvalue weighted by molar-refractivity contribution is 0.0701. The number of carbonyl (C=O) groups excluding carboxylic acids is 1. The smallest absolute Gasteiger partial charge is 0.289 e. The number of furan rings is 1. The maximum atomic E-state index is 13.6. The molecule has 1 aliphatic carbocycles. The van der Waals surface area contributed by atoms with Crippen molar-refractivity contribution in [2.24, 2.45) is 5.92 Å². The fourth-order valence-electron chi connectivity index (χ4n) is 3.96. The molecule has 0 N–H and O–H groups in total. The number of benzene rings is 2. The van der Waals surface area contributed by atoms with Gasteiger partial charge in [0, 0.05) is 6.54 Å². The number of rotatable bonds is 9. The fraction of sp³-hybridized carbons (Fsp3) is 0.259. The van der Waals surface area contributed by atoms with Crippen molar-refractivity contribution in [3.63, 3.8) is 0 Å². The number of para-hydroxylation sites is 1. The summed E-state index contributed by atoms with van der Waals surface area (Å²) in [6, 6.07) is 19.0. The molecule has 4 aromatic rings. The van der Waals surface area contributed by atoms with Crippen LogP contribution in [-0.2, 0) is 13.0 Å². The van der Waals surface area contributed by atoms with Gasteiger partial charge >= 0.3 is 0 Å². The first kappa shape index (κ1) is 21.9. The molecule has 7 heteroatoms. The SMILES string of the molecule is CCc1nn(-c2ccc(F)cc2)c(Oc2ccccc2)c1CN(CC1CC1)C(=O)c1ccco1. The van der Waals surface area contributed by atoms with Crippen molar-refractivity contribution in [1.82, 2.24) is 14.7 Å². The van der Waals surface area contributed by atoms with Crippen LogP contribution < -0.4 is 4.74 Å². The average molecular weight is 460 g/mol. The third kappa shape index (κ3) is 4.73. The zero-order chi connectivity index (χ0) is 23.5. The third-order valence-electron chi connectivity index (χ3n) is 5.93. The number of nitrogens with zero attached hydrogens (tertiary/aromatic N) is 3. The molecule has 34 heavy (non-hydrogen) atoms. The van der Waals surface area contributed by atoms with Crippen LogP contribution in [0.25, 0.3) is 5.69 Å². The van der Waals surface area contributed by atoms with Crippen molar-refractivity contribution in [3.05, 3.63) is 95.8 Å². The standard InChI is InChI=1S/C27H26FN3O3/c1-2-24-23(18-30(17-19-10-11-19)26(32)25-9-6-16-33-25)27(34-22-7-4-3-5-8-22)31(29-24)21-14-12-20(28)13-15-21/h3-9,12-16,19H,2,10-11,17-18H2,1H3. The van der Waals surface area contributed by atoms with Crippen LogP contribution in [-0.4, -0.2) is 27.1 Å². The maximum absolute atomic E-state index is 13.6. The van der Waals surface area contributed by atoms with Gasteiger partial charge in [0.2, 0.25) is 5.88 Å². The molecule has 2 aromatic heterocycles. The summed E-state index contributed by atoms with van der Waals surface area (Å²) in [5.74, 6) is 1.50. The highest BCUT2D eigenvalue weighted by atomic mass is 19.1. The van der Waals surface area contributed by atoms with E-state index < -0.39 is 0 Å². The van der Waals surface area contributed by atoms with Crippen molar-refractivity contribution in [1.29, 1.82) is 0 Å². The Balaban J connectivity index is 1.57. The highest BCUT2D eigenvalue weighted by Gasteiger charge is 2.31. The summed E-state index contributed by atoms with van der Waals surface area (Å²) in [6.07, 6.45) is 4.40. The van der Waals surface area contributed by atoms with Crippen molar-refractivity contribution in [2.45, 2.75) is 32.7 Å². The lowest BCUT2D eigenvalue weighted by atomic mass is 10.1. The Bertz CT molecular complexity index is 1250. The molecule has 0 unspecified atom stereocenters. The van der Waals surface area contributed by atoms with E-state index in [1.54, 1.807) is 28.9 Å². The summed E-state index contributed by atoms with van der Waals surface area (Å²) in [4.78, 5) is 15.1. The number of hydrogen-bond acceptors (Lipinski definition) is 4. The van der Waals surface area contributed by atoms with E-state index in [-0.39, 0.29) is 11.7 Å². The van der Waals surface area contributed by atoms with Crippen LogP contribution in [0.1, 0.15) is 41.6 Å². The Kier molecular flexibility index (Phi) is 6.16. The van der Waals surface area contributed by atoms with Crippen molar-refractivity contribution in [3.8, 4) is 17.3 Å². The molecule has 0 saturated heterocycles. The molecule has 0 radical (unpaired) electrons. The van der Waals surface area contributed by atoms with Crippen molar-refractivity contribution >= 4 is 5.91 Å². The van der Waals surface area contributed by atoms with Gasteiger partial charge in [0.25, 0.3) is 5.91 Å². The number of hydrogen-bond donors (Lipinski definition) is 0. The van der Waals surface area contributed by atoms with E-state index in [4.69, 9.17) is 14.3 Å². The highest BCUT2D eigenvalue weighted by molar-refractivity contribution is 5.91. The molecular formula is C27H26FN3O3. The Morgan fingerprint density at radius 3 is 2.53 bits per heavy atom. The van der Waals surface area contributed by atoms with Gasteiger partial charge in [0.15, 0.2) is 5.76 Å². The summed E-state index contributed by atoms with van der Waals surface area (Å²) in [5.41, 5.74) is 2.33. The van der Waals surface area contributed by atoms with E-state index in [1.165, 1.54) is 18.4 Å². The molecule has 1 fully saturated rings. The number of carbonyl (C=O) groups is 1. The largest absolute Gasteiger partial charge is 0.459 e. The van der Waals surface area contributed by atoms with Crippen LogP contribution in [0.2, 0.25) is 0 Å². The molecule has 1 amide bonds. The predicted molar refractivity (Wildman–Crippen MR) is 126 cm³/mol. The number of aromatic nitrogens is 2. The normalized spacial score (nSPS) is 13.1. The number of halogens is 1. The van der Waals surface area contributed by atoms with E-state index in [9.17, 15) is 9.18 Å². The van der Waals surface area contributed by atoms with Gasteiger partial charge in [-0.3, -0.25) is 4.79 Å². The second-order valence-corrected chi connectivity index (χ2v) is 8.49. The predicted octanol–water partition coefficient (Wildman–Crippen LogP) is 6.01. The monoisotopic (exact) mass is 459 g/mol. The molecule has 0 aliphatic heterocycles. The first-order valence-electron chi connectivity index (χ1n) is 11.5. The summed E-state index contributed by atoms with van der Waals surface area (Å²) < 4.78 is 27.0. The van der Waals surface area contributed by atoms with Crippen molar-refractivity contribution < 1.29 is 18.3 Å². The molecular weight excluding hydrogens is 433 g/mol. The van der Waals surface area contributed by atoms with E-state index in [0.717, 1.165) is 24.1 Å². The minimum Gasteiger partial charge on any atom is -0.459 e. The Morgan fingerprint density at radius 2 is 1.88 bits per heavy atom. The minimum atomic E-state index is -0.322. The van der Waals surface area contributed by atoms with Crippen LogP contribution in [0.4, 0.5) is 4.39 Å². The van der Waals surface area contributed by atoms with Gasteiger partial charge in [-0.15, -0.1) is 0 Å². The van der Waals surface area contributed by atoms with E-state index in [0.29, 0.717) is 48.5 Å². The summed E-state index contributed by atoms with van der Waals surface area (Å²) in [6.45, 7) is 3.00. The maximum Gasteiger partial charge on any atom is 0.289 e. The molecule has 2 heterocycles. The molecule has 0 spiro atoms. The quantitative estimate of drug-likeness (QED) is 0.307. The second-order valence-electron chi connectivity index (χ2n) is 8.49. The van der Waals surface area contributed by atoms with E-state index in [2.05, 4.69) is 0 Å². The fourth-order valence-corrected chi connectivity index (χ4v) is 3.96. The molecule has 0 bridgehead atoms. The molecule has 5 rings (SSSR count). The van der Waals surface area contributed by atoms with Crippen molar-refractivity contribution in [2.75, 3.05) is 6.54 Å². The number of amides is 1. The Labute approximate surface area is 197 Å². The van der Waals surface area contributed by atoms with Gasteiger partial charge in [-0.1, -0.05) is 25.1 Å². The number of ether oxygens (including phenoxy) is 1. The minimum absolute atomic E-state index is 0.154. The van der Waals surface area contributed by atoms with Crippen LogP contribution >= 0.6 is 0 Å². The van der Waals surface area contributed by atoms with Gasteiger partial charge < -0.3 is 14.1 Å².